The molecular formula is C14H24N4OS. The third-order valence-electron chi connectivity index (χ3n) is 4.59. The maximum Gasteiger partial charge on any atom is 0.0994 e. The van der Waals surface area contributed by atoms with Crippen LogP contribution >= 0.6 is 11.8 Å². The van der Waals surface area contributed by atoms with Crippen LogP contribution in [0, 0.1) is 0 Å². The summed E-state index contributed by atoms with van der Waals surface area (Å²) >= 11 is 2.04. The first-order valence-electron chi connectivity index (χ1n) is 7.61. The van der Waals surface area contributed by atoms with Crippen LogP contribution in [-0.4, -0.2) is 38.7 Å². The van der Waals surface area contributed by atoms with E-state index in [4.69, 9.17) is 10.5 Å². The van der Waals surface area contributed by atoms with Crippen molar-refractivity contribution in [3.63, 3.8) is 0 Å². The van der Waals surface area contributed by atoms with Gasteiger partial charge < -0.3 is 10.5 Å². The number of hydrogen-bond donors (Lipinski definition) is 1. The van der Waals surface area contributed by atoms with E-state index >= 15 is 0 Å². The molecule has 2 unspecified atom stereocenters. The summed E-state index contributed by atoms with van der Waals surface area (Å²) in [7, 11) is 0. The van der Waals surface area contributed by atoms with Gasteiger partial charge in [-0.3, -0.25) is 0 Å². The van der Waals surface area contributed by atoms with Gasteiger partial charge in [-0.1, -0.05) is 12.1 Å². The molecule has 1 aromatic heterocycles. The van der Waals surface area contributed by atoms with Crippen LogP contribution in [0.2, 0.25) is 0 Å². The highest BCUT2D eigenvalue weighted by molar-refractivity contribution is 7.99. The molecule has 2 N–H and O–H groups in total. The number of thioether (sulfide) groups is 1. The molecule has 1 spiro atoms. The molecule has 0 bridgehead atoms. The van der Waals surface area contributed by atoms with Crippen molar-refractivity contribution in [3.8, 4) is 0 Å². The summed E-state index contributed by atoms with van der Waals surface area (Å²) in [5.41, 5.74) is 7.03. The Hall–Kier alpha value is -0.590. The van der Waals surface area contributed by atoms with E-state index in [0.29, 0.717) is 6.04 Å². The fourth-order valence-corrected chi connectivity index (χ4v) is 4.40. The van der Waals surface area contributed by atoms with Crippen LogP contribution in [0.5, 0.6) is 0 Å². The highest BCUT2D eigenvalue weighted by atomic mass is 32.2. The van der Waals surface area contributed by atoms with Crippen molar-refractivity contribution in [3.05, 3.63) is 11.9 Å². The molecule has 2 aliphatic heterocycles. The Labute approximate surface area is 124 Å². The van der Waals surface area contributed by atoms with Crippen molar-refractivity contribution in [2.45, 2.75) is 56.7 Å². The predicted molar refractivity (Wildman–Crippen MR) is 80.8 cm³/mol. The molecule has 3 rings (SSSR count). The summed E-state index contributed by atoms with van der Waals surface area (Å²) in [6.07, 6.45) is 7.37. The van der Waals surface area contributed by atoms with E-state index in [9.17, 15) is 0 Å². The van der Waals surface area contributed by atoms with Crippen LogP contribution < -0.4 is 5.73 Å². The monoisotopic (exact) mass is 296 g/mol. The zero-order valence-electron chi connectivity index (χ0n) is 12.1. The number of aromatic nitrogens is 3. The first kappa shape index (κ1) is 14.4. The van der Waals surface area contributed by atoms with E-state index < -0.39 is 0 Å². The highest BCUT2D eigenvalue weighted by Crippen LogP contribution is 2.41. The van der Waals surface area contributed by atoms with Gasteiger partial charge in [-0.05, 0) is 43.6 Å². The van der Waals surface area contributed by atoms with Crippen LogP contribution in [0.1, 0.15) is 56.8 Å². The van der Waals surface area contributed by atoms with Gasteiger partial charge in [-0.25, -0.2) is 4.68 Å². The number of ether oxygens (including phenoxy) is 1. The van der Waals surface area contributed by atoms with Crippen molar-refractivity contribution in [2.24, 2.45) is 5.73 Å². The van der Waals surface area contributed by atoms with Crippen LogP contribution in [0.15, 0.2) is 6.20 Å². The molecule has 3 heterocycles. The van der Waals surface area contributed by atoms with Crippen molar-refractivity contribution < 1.29 is 4.74 Å². The first-order valence-corrected chi connectivity index (χ1v) is 8.77. The Morgan fingerprint density at radius 3 is 3.10 bits per heavy atom. The highest BCUT2D eigenvalue weighted by Gasteiger charge is 2.39. The summed E-state index contributed by atoms with van der Waals surface area (Å²) < 4.78 is 8.16. The molecule has 112 valence electrons. The SMILES string of the molecule is CCC(N)c1cn(C2CCOC3(CCSCC3)C2)nn1. The fraction of sp³-hybridized carbons (Fsp3) is 0.857. The van der Waals surface area contributed by atoms with Crippen LogP contribution in [0.4, 0.5) is 0 Å². The first-order chi connectivity index (χ1) is 9.72. The van der Waals surface area contributed by atoms with E-state index in [1.165, 1.54) is 24.3 Å². The van der Waals surface area contributed by atoms with Gasteiger partial charge in [0.25, 0.3) is 0 Å². The Kier molecular flexibility index (Phi) is 4.33. The van der Waals surface area contributed by atoms with Crippen molar-refractivity contribution in [1.82, 2.24) is 15.0 Å². The Morgan fingerprint density at radius 2 is 2.35 bits per heavy atom. The molecule has 0 radical (unpaired) electrons. The van der Waals surface area contributed by atoms with E-state index in [-0.39, 0.29) is 11.6 Å². The molecule has 2 aliphatic rings. The number of hydrogen-bond acceptors (Lipinski definition) is 5. The maximum atomic E-state index is 6.13. The summed E-state index contributed by atoms with van der Waals surface area (Å²) in [6, 6.07) is 0.417. The predicted octanol–water partition coefficient (Wildman–Crippen LogP) is 2.31. The summed E-state index contributed by atoms with van der Waals surface area (Å²) in [5, 5.41) is 8.55. The Bertz CT molecular complexity index is 439. The lowest BCUT2D eigenvalue weighted by Gasteiger charge is -2.43. The van der Waals surface area contributed by atoms with E-state index in [1.807, 2.05) is 22.6 Å². The van der Waals surface area contributed by atoms with Gasteiger partial charge >= 0.3 is 0 Å². The minimum absolute atomic E-state index is 0.00336. The summed E-state index contributed by atoms with van der Waals surface area (Å²) in [6.45, 7) is 2.91. The maximum absolute atomic E-state index is 6.13. The van der Waals surface area contributed by atoms with Crippen LogP contribution in [-0.2, 0) is 4.74 Å². The largest absolute Gasteiger partial charge is 0.375 e. The van der Waals surface area contributed by atoms with Gasteiger partial charge in [0.15, 0.2) is 0 Å². The lowest BCUT2D eigenvalue weighted by Crippen LogP contribution is -2.43. The quantitative estimate of drug-likeness (QED) is 0.927. The minimum atomic E-state index is 0.00336. The lowest BCUT2D eigenvalue weighted by atomic mass is 9.85. The molecule has 0 amide bonds. The average Bonchev–Trinajstić information content (AvgIpc) is 2.97. The molecule has 2 fully saturated rings. The van der Waals surface area contributed by atoms with Gasteiger partial charge in [0.1, 0.15) is 0 Å². The van der Waals surface area contributed by atoms with Crippen molar-refractivity contribution >= 4 is 11.8 Å². The second-order valence-corrected chi connectivity index (χ2v) is 7.15. The van der Waals surface area contributed by atoms with Gasteiger partial charge in [-0.2, -0.15) is 11.8 Å². The minimum Gasteiger partial charge on any atom is -0.375 e. The van der Waals surface area contributed by atoms with E-state index in [1.54, 1.807) is 0 Å². The molecular weight excluding hydrogens is 272 g/mol. The second-order valence-electron chi connectivity index (χ2n) is 5.93. The smallest absolute Gasteiger partial charge is 0.0994 e. The molecule has 0 aromatic carbocycles. The molecule has 2 saturated heterocycles. The van der Waals surface area contributed by atoms with Crippen LogP contribution in [0.3, 0.4) is 0 Å². The van der Waals surface area contributed by atoms with E-state index in [0.717, 1.165) is 31.6 Å². The van der Waals surface area contributed by atoms with E-state index in [2.05, 4.69) is 17.2 Å². The van der Waals surface area contributed by atoms with Crippen molar-refractivity contribution in [2.75, 3.05) is 18.1 Å². The molecule has 5 nitrogen and oxygen atoms in total. The number of rotatable bonds is 3. The van der Waals surface area contributed by atoms with Gasteiger partial charge in [0.2, 0.25) is 0 Å². The molecule has 1 aromatic rings. The second kappa shape index (κ2) is 6.03. The van der Waals surface area contributed by atoms with Crippen molar-refractivity contribution in [1.29, 1.82) is 0 Å². The third kappa shape index (κ3) is 2.87. The third-order valence-corrected chi connectivity index (χ3v) is 5.58. The van der Waals surface area contributed by atoms with Gasteiger partial charge in [-0.15, -0.1) is 5.10 Å². The Balaban J connectivity index is 1.71. The van der Waals surface area contributed by atoms with Gasteiger partial charge in [0, 0.05) is 6.61 Å². The topological polar surface area (TPSA) is 66.0 Å². The zero-order chi connectivity index (χ0) is 14.0. The number of nitrogens with two attached hydrogens (primary N) is 1. The fourth-order valence-electron chi connectivity index (χ4n) is 3.17. The normalized spacial score (nSPS) is 27.6. The zero-order valence-corrected chi connectivity index (χ0v) is 12.9. The standard InChI is InChI=1S/C14H24N4OS/c1-2-12(15)13-10-18(17-16-13)11-3-6-19-14(9-11)4-7-20-8-5-14/h10-12H,2-9,15H2,1H3. The Morgan fingerprint density at radius 1 is 1.55 bits per heavy atom. The lowest BCUT2D eigenvalue weighted by molar-refractivity contribution is -0.100. The van der Waals surface area contributed by atoms with Crippen LogP contribution in [0.25, 0.3) is 0 Å². The molecule has 0 aliphatic carbocycles. The molecule has 20 heavy (non-hydrogen) atoms. The summed E-state index contributed by atoms with van der Waals surface area (Å²) in [4.78, 5) is 0. The van der Waals surface area contributed by atoms with Gasteiger partial charge in [0.05, 0.1) is 29.6 Å². The molecule has 6 heteroatoms. The number of nitrogens with zero attached hydrogens (tertiary/aromatic N) is 3. The molecule has 2 atom stereocenters. The summed E-state index contributed by atoms with van der Waals surface area (Å²) in [5.74, 6) is 2.44. The molecule has 0 saturated carbocycles. The average molecular weight is 296 g/mol.